The molecule has 2 aromatic rings. The Hall–Kier alpha value is -1.65. The molecule has 1 aliphatic rings. The number of nitrogens with one attached hydrogen (secondary N) is 1. The quantitative estimate of drug-likeness (QED) is 0.910. The number of hydrogen-bond donors (Lipinski definition) is 2. The van der Waals surface area contributed by atoms with E-state index in [4.69, 9.17) is 0 Å². The smallest absolute Gasteiger partial charge is 0.252 e. The maximum Gasteiger partial charge on any atom is 0.252 e. The number of likely N-dealkylation sites (tertiary alicyclic amines) is 1. The number of pyridine rings is 1. The van der Waals surface area contributed by atoms with Crippen molar-refractivity contribution in [2.75, 3.05) is 13.2 Å². The zero-order valence-electron chi connectivity index (χ0n) is 12.2. The summed E-state index contributed by atoms with van der Waals surface area (Å²) < 4.78 is 0. The van der Waals surface area contributed by atoms with Crippen LogP contribution in [0.4, 0.5) is 0 Å². The molecule has 4 nitrogen and oxygen atoms in total. The van der Waals surface area contributed by atoms with Crippen LogP contribution in [-0.4, -0.2) is 34.2 Å². The van der Waals surface area contributed by atoms with Crippen molar-refractivity contribution in [1.29, 1.82) is 0 Å². The third-order valence-corrected chi connectivity index (χ3v) is 4.41. The second kappa shape index (κ2) is 6.41. The van der Waals surface area contributed by atoms with Gasteiger partial charge >= 0.3 is 0 Å². The Morgan fingerprint density at radius 2 is 2.10 bits per heavy atom. The molecule has 3 rings (SSSR count). The van der Waals surface area contributed by atoms with Crippen LogP contribution in [0.1, 0.15) is 31.2 Å². The van der Waals surface area contributed by atoms with Crippen LogP contribution in [0.15, 0.2) is 35.1 Å². The lowest BCUT2D eigenvalue weighted by molar-refractivity contribution is 0.118. The summed E-state index contributed by atoms with van der Waals surface area (Å²) in [4.78, 5) is 17.5. The molecular weight excluding hydrogens is 264 g/mol. The van der Waals surface area contributed by atoms with Crippen molar-refractivity contribution >= 4 is 10.9 Å². The van der Waals surface area contributed by atoms with E-state index in [-0.39, 0.29) is 18.2 Å². The van der Waals surface area contributed by atoms with Crippen molar-refractivity contribution in [3.05, 3.63) is 46.2 Å². The monoisotopic (exact) mass is 286 g/mol. The molecule has 1 aromatic heterocycles. The number of hydrogen-bond acceptors (Lipinski definition) is 3. The summed E-state index contributed by atoms with van der Waals surface area (Å²) in [5.74, 6) is 0. The summed E-state index contributed by atoms with van der Waals surface area (Å²) in [7, 11) is 0. The molecule has 0 radical (unpaired) electrons. The highest BCUT2D eigenvalue weighted by molar-refractivity contribution is 5.78. The molecule has 2 N–H and O–H groups in total. The molecule has 1 aromatic carbocycles. The fourth-order valence-corrected chi connectivity index (χ4v) is 3.18. The lowest BCUT2D eigenvalue weighted by atomic mass is 10.1. The highest BCUT2D eigenvalue weighted by atomic mass is 16.3. The molecule has 21 heavy (non-hydrogen) atoms. The molecule has 1 fully saturated rings. The van der Waals surface area contributed by atoms with Crippen LogP contribution < -0.4 is 5.56 Å². The molecule has 0 aliphatic carbocycles. The summed E-state index contributed by atoms with van der Waals surface area (Å²) >= 11 is 0. The fraction of sp³-hybridized carbons (Fsp3) is 0.471. The van der Waals surface area contributed by atoms with Crippen molar-refractivity contribution in [3.63, 3.8) is 0 Å². The maximum absolute atomic E-state index is 12.2. The number of fused-ring (bicyclic) bond motifs is 1. The van der Waals surface area contributed by atoms with Crippen molar-refractivity contribution in [3.8, 4) is 0 Å². The number of benzene rings is 1. The largest absolute Gasteiger partial charge is 0.395 e. The van der Waals surface area contributed by atoms with Crippen LogP contribution in [0.5, 0.6) is 0 Å². The standard InChI is InChI=1S/C17H22N2O2/c20-12-15-7-2-1-5-9-19(15)11-14-10-13-6-3-4-8-16(13)18-17(14)21/h3-4,6,8,10,15,20H,1-2,5,7,9,11-12H2,(H,18,21)/t15-/m1/s1. The van der Waals surface area contributed by atoms with Crippen LogP contribution in [0.3, 0.4) is 0 Å². The topological polar surface area (TPSA) is 56.3 Å². The fourth-order valence-electron chi connectivity index (χ4n) is 3.18. The first-order chi connectivity index (χ1) is 10.3. The van der Waals surface area contributed by atoms with Gasteiger partial charge in [-0.15, -0.1) is 0 Å². The maximum atomic E-state index is 12.2. The van der Waals surface area contributed by atoms with E-state index in [0.717, 1.165) is 42.3 Å². The van der Waals surface area contributed by atoms with E-state index in [2.05, 4.69) is 9.88 Å². The van der Waals surface area contributed by atoms with Crippen LogP contribution in [-0.2, 0) is 6.54 Å². The lowest BCUT2D eigenvalue weighted by Gasteiger charge is -2.28. The van der Waals surface area contributed by atoms with E-state index >= 15 is 0 Å². The van der Waals surface area contributed by atoms with E-state index < -0.39 is 0 Å². The predicted molar refractivity (Wildman–Crippen MR) is 84.3 cm³/mol. The van der Waals surface area contributed by atoms with Gasteiger partial charge in [0.15, 0.2) is 0 Å². The Labute approximate surface area is 124 Å². The molecule has 1 aliphatic heterocycles. The first-order valence-electron chi connectivity index (χ1n) is 7.74. The van der Waals surface area contributed by atoms with Crippen LogP contribution in [0.25, 0.3) is 10.9 Å². The molecule has 0 saturated carbocycles. The van der Waals surface area contributed by atoms with Gasteiger partial charge in [0.2, 0.25) is 0 Å². The van der Waals surface area contributed by atoms with Gasteiger partial charge in [-0.1, -0.05) is 31.0 Å². The molecule has 1 atom stereocenters. The normalized spacial score (nSPS) is 20.5. The van der Waals surface area contributed by atoms with Crippen molar-refractivity contribution in [1.82, 2.24) is 9.88 Å². The van der Waals surface area contributed by atoms with E-state index in [1.54, 1.807) is 0 Å². The number of aromatic nitrogens is 1. The minimum Gasteiger partial charge on any atom is -0.395 e. The van der Waals surface area contributed by atoms with Gasteiger partial charge in [0.25, 0.3) is 5.56 Å². The molecule has 1 saturated heterocycles. The van der Waals surface area contributed by atoms with E-state index in [1.165, 1.54) is 6.42 Å². The summed E-state index contributed by atoms with van der Waals surface area (Å²) in [5.41, 5.74) is 1.64. The number of aliphatic hydroxyl groups excluding tert-OH is 1. The molecule has 0 unspecified atom stereocenters. The average molecular weight is 286 g/mol. The third-order valence-electron chi connectivity index (χ3n) is 4.41. The van der Waals surface area contributed by atoms with Crippen LogP contribution in [0.2, 0.25) is 0 Å². The lowest BCUT2D eigenvalue weighted by Crippen LogP contribution is -2.38. The second-order valence-corrected chi connectivity index (χ2v) is 5.87. The number of nitrogens with zero attached hydrogens (tertiary/aromatic N) is 1. The molecule has 0 bridgehead atoms. The molecular formula is C17H22N2O2. The summed E-state index contributed by atoms with van der Waals surface area (Å²) in [6.45, 7) is 1.74. The van der Waals surface area contributed by atoms with Crippen molar-refractivity contribution in [2.45, 2.75) is 38.3 Å². The van der Waals surface area contributed by atoms with Gasteiger partial charge in [-0.25, -0.2) is 0 Å². The molecule has 0 spiro atoms. The number of aliphatic hydroxyl groups is 1. The number of para-hydroxylation sites is 1. The van der Waals surface area contributed by atoms with Crippen molar-refractivity contribution in [2.24, 2.45) is 0 Å². The Bertz CT molecular complexity index is 665. The van der Waals surface area contributed by atoms with Gasteiger partial charge < -0.3 is 10.1 Å². The third kappa shape index (κ3) is 3.17. The average Bonchev–Trinajstić information content (AvgIpc) is 2.73. The highest BCUT2D eigenvalue weighted by Gasteiger charge is 2.21. The minimum absolute atomic E-state index is 0.0189. The number of aromatic amines is 1. The molecule has 4 heteroatoms. The Kier molecular flexibility index (Phi) is 4.36. The van der Waals surface area contributed by atoms with Gasteiger partial charge in [-0.2, -0.15) is 0 Å². The number of H-pyrrole nitrogens is 1. The summed E-state index contributed by atoms with van der Waals surface area (Å²) in [6, 6.07) is 10.00. The van der Waals surface area contributed by atoms with Gasteiger partial charge in [-0.05, 0) is 36.9 Å². The van der Waals surface area contributed by atoms with Gasteiger partial charge in [0, 0.05) is 23.7 Å². The SMILES string of the molecule is O=c1[nH]c2ccccc2cc1CN1CCCCC[C@@H]1CO. The molecule has 112 valence electrons. The Balaban J connectivity index is 1.89. The predicted octanol–water partition coefficient (Wildman–Crippen LogP) is 2.27. The van der Waals surface area contributed by atoms with E-state index in [0.29, 0.717) is 6.54 Å². The Morgan fingerprint density at radius 1 is 1.24 bits per heavy atom. The number of rotatable bonds is 3. The first-order valence-corrected chi connectivity index (χ1v) is 7.74. The van der Waals surface area contributed by atoms with Crippen LogP contribution >= 0.6 is 0 Å². The first kappa shape index (κ1) is 14.3. The summed E-state index contributed by atoms with van der Waals surface area (Å²) in [6.07, 6.45) is 4.53. The molecule has 0 amide bonds. The minimum atomic E-state index is -0.0189. The van der Waals surface area contributed by atoms with E-state index in [9.17, 15) is 9.90 Å². The second-order valence-electron chi connectivity index (χ2n) is 5.87. The van der Waals surface area contributed by atoms with E-state index in [1.807, 2.05) is 30.3 Å². The van der Waals surface area contributed by atoms with Gasteiger partial charge in [0.05, 0.1) is 6.61 Å². The van der Waals surface area contributed by atoms with Crippen LogP contribution in [0, 0.1) is 0 Å². The zero-order valence-corrected chi connectivity index (χ0v) is 12.2. The van der Waals surface area contributed by atoms with Gasteiger partial charge in [0.1, 0.15) is 0 Å². The molecule has 2 heterocycles. The Morgan fingerprint density at radius 3 is 2.95 bits per heavy atom. The zero-order chi connectivity index (χ0) is 14.7. The van der Waals surface area contributed by atoms with Gasteiger partial charge in [-0.3, -0.25) is 9.69 Å². The summed E-state index contributed by atoms with van der Waals surface area (Å²) in [5, 5.41) is 10.6. The highest BCUT2D eigenvalue weighted by Crippen LogP contribution is 2.19. The van der Waals surface area contributed by atoms with Crippen molar-refractivity contribution < 1.29 is 5.11 Å².